The highest BCUT2D eigenvalue weighted by Gasteiger charge is 2.13. The first-order valence-electron chi connectivity index (χ1n) is 6.13. The van der Waals surface area contributed by atoms with Crippen molar-refractivity contribution in [2.75, 3.05) is 25.9 Å². The molecule has 0 aliphatic heterocycles. The minimum Gasteiger partial charge on any atom is -0.346 e. The largest absolute Gasteiger partial charge is 0.346 e. The number of rotatable bonds is 7. The van der Waals surface area contributed by atoms with E-state index in [-0.39, 0.29) is 18.1 Å². The predicted octanol–water partition coefficient (Wildman–Crippen LogP) is 1.64. The Hall–Kier alpha value is -0.910. The van der Waals surface area contributed by atoms with Crippen LogP contribution in [0, 0.1) is 0 Å². The summed E-state index contributed by atoms with van der Waals surface area (Å²) in [5.74, 6) is 0.268. The van der Waals surface area contributed by atoms with E-state index in [0.29, 0.717) is 23.0 Å². The average molecular weight is 303 g/mol. The van der Waals surface area contributed by atoms with Crippen molar-refractivity contribution in [1.82, 2.24) is 4.90 Å². The molecule has 1 rings (SSSR count). The van der Waals surface area contributed by atoms with Gasteiger partial charge in [-0.15, -0.1) is 0 Å². The van der Waals surface area contributed by atoms with Crippen molar-refractivity contribution >= 4 is 28.3 Å². The van der Waals surface area contributed by atoms with Crippen LogP contribution in [-0.2, 0) is 15.6 Å². The summed E-state index contributed by atoms with van der Waals surface area (Å²) in [6.45, 7) is 1.19. The average Bonchev–Trinajstić information content (AvgIpc) is 2.42. The summed E-state index contributed by atoms with van der Waals surface area (Å²) in [4.78, 5) is 14.0. The van der Waals surface area contributed by atoms with Crippen LogP contribution in [0.15, 0.2) is 29.2 Å². The quantitative estimate of drug-likeness (QED) is 0.833. The molecular weight excluding hydrogens is 284 g/mol. The first-order valence-corrected chi connectivity index (χ1v) is 7.83. The van der Waals surface area contributed by atoms with Crippen molar-refractivity contribution in [2.24, 2.45) is 5.73 Å². The molecule has 1 amide bonds. The number of carbonyl (C=O) groups is 1. The minimum absolute atomic E-state index is 0.0196. The van der Waals surface area contributed by atoms with E-state index in [9.17, 15) is 9.00 Å². The zero-order valence-corrected chi connectivity index (χ0v) is 12.5. The summed E-state index contributed by atoms with van der Waals surface area (Å²) in [6, 6.07) is 6.99. The first-order chi connectivity index (χ1) is 9.06. The maximum absolute atomic E-state index is 12.0. The molecule has 1 unspecified atom stereocenters. The van der Waals surface area contributed by atoms with Crippen LogP contribution in [-0.4, -0.2) is 40.9 Å². The molecule has 0 aromatic heterocycles. The van der Waals surface area contributed by atoms with Gasteiger partial charge in [0.1, 0.15) is 0 Å². The lowest BCUT2D eigenvalue weighted by Crippen LogP contribution is -2.29. The fourth-order valence-electron chi connectivity index (χ4n) is 1.56. The van der Waals surface area contributed by atoms with Crippen LogP contribution in [0.3, 0.4) is 0 Å². The lowest BCUT2D eigenvalue weighted by molar-refractivity contribution is -0.129. The smallest absolute Gasteiger partial charge is 0.223 e. The number of halogens is 1. The van der Waals surface area contributed by atoms with Gasteiger partial charge < -0.3 is 10.6 Å². The SMILES string of the molecule is CN(CCCN)C(=O)CCS(=O)c1ccccc1Cl. The Morgan fingerprint density at radius 1 is 1.42 bits per heavy atom. The third-order valence-electron chi connectivity index (χ3n) is 2.71. The van der Waals surface area contributed by atoms with E-state index in [1.165, 1.54) is 0 Å². The van der Waals surface area contributed by atoms with Gasteiger partial charge in [-0.25, -0.2) is 0 Å². The standard InChI is InChI=1S/C13H19ClN2O2S/c1-16(9-4-8-15)13(17)7-10-19(18)12-6-3-2-5-11(12)14/h2-3,5-6H,4,7-10,15H2,1H3. The van der Waals surface area contributed by atoms with E-state index < -0.39 is 10.8 Å². The van der Waals surface area contributed by atoms with Gasteiger partial charge in [0.15, 0.2) is 0 Å². The summed E-state index contributed by atoms with van der Waals surface area (Å²) in [7, 11) is 0.491. The van der Waals surface area contributed by atoms with Gasteiger partial charge in [-0.2, -0.15) is 0 Å². The molecule has 106 valence electrons. The molecule has 0 saturated heterocycles. The number of carbonyl (C=O) groups excluding carboxylic acids is 1. The van der Waals surface area contributed by atoms with Crippen molar-refractivity contribution in [3.05, 3.63) is 29.3 Å². The third-order valence-corrected chi connectivity index (χ3v) is 4.57. The van der Waals surface area contributed by atoms with Crippen LogP contribution in [0.5, 0.6) is 0 Å². The monoisotopic (exact) mass is 302 g/mol. The maximum atomic E-state index is 12.0. The van der Waals surface area contributed by atoms with Crippen LogP contribution < -0.4 is 5.73 Å². The second-order valence-corrected chi connectivity index (χ2v) is 6.13. The topological polar surface area (TPSA) is 63.4 Å². The highest BCUT2D eigenvalue weighted by Crippen LogP contribution is 2.19. The molecule has 0 fully saturated rings. The molecule has 1 aromatic rings. The summed E-state index contributed by atoms with van der Waals surface area (Å²) in [5.41, 5.74) is 5.39. The molecule has 0 saturated carbocycles. The predicted molar refractivity (Wildman–Crippen MR) is 78.7 cm³/mol. The van der Waals surface area contributed by atoms with E-state index in [1.807, 2.05) is 0 Å². The normalized spacial score (nSPS) is 12.2. The molecule has 1 aromatic carbocycles. The van der Waals surface area contributed by atoms with Crippen LogP contribution in [0.2, 0.25) is 5.02 Å². The minimum atomic E-state index is -1.24. The molecule has 1 atom stereocenters. The van der Waals surface area contributed by atoms with Crippen LogP contribution in [0.4, 0.5) is 0 Å². The molecule has 0 aliphatic carbocycles. The second-order valence-electron chi connectivity index (χ2n) is 4.19. The summed E-state index contributed by atoms with van der Waals surface area (Å²) < 4.78 is 12.0. The third kappa shape index (κ3) is 5.30. The molecule has 2 N–H and O–H groups in total. The zero-order chi connectivity index (χ0) is 14.3. The molecule has 0 aliphatic rings. The van der Waals surface area contributed by atoms with Crippen LogP contribution in [0.1, 0.15) is 12.8 Å². The van der Waals surface area contributed by atoms with Crippen LogP contribution >= 0.6 is 11.6 Å². The Labute approximate surface area is 121 Å². The van der Waals surface area contributed by atoms with Gasteiger partial charge >= 0.3 is 0 Å². The summed E-state index contributed by atoms with van der Waals surface area (Å²) in [6.07, 6.45) is 1.02. The molecule has 6 heteroatoms. The highest BCUT2D eigenvalue weighted by atomic mass is 35.5. The Kier molecular flexibility index (Phi) is 7.05. The Morgan fingerprint density at radius 2 is 2.11 bits per heavy atom. The molecule has 0 spiro atoms. The van der Waals surface area contributed by atoms with Gasteiger partial charge in [-0.1, -0.05) is 23.7 Å². The van der Waals surface area contributed by atoms with Gasteiger partial charge in [0.05, 0.1) is 20.7 Å². The fourth-order valence-corrected chi connectivity index (χ4v) is 3.05. The van der Waals surface area contributed by atoms with E-state index in [2.05, 4.69) is 0 Å². The molecule has 0 heterocycles. The fraction of sp³-hybridized carbons (Fsp3) is 0.462. The van der Waals surface area contributed by atoms with Crippen molar-refractivity contribution in [2.45, 2.75) is 17.7 Å². The summed E-state index contributed by atoms with van der Waals surface area (Å²) in [5, 5.41) is 0.477. The van der Waals surface area contributed by atoms with E-state index in [0.717, 1.165) is 6.42 Å². The number of nitrogens with zero attached hydrogens (tertiary/aromatic N) is 1. The van der Waals surface area contributed by atoms with Gasteiger partial charge in [-0.3, -0.25) is 9.00 Å². The molecule has 19 heavy (non-hydrogen) atoms. The lowest BCUT2D eigenvalue weighted by Gasteiger charge is -2.16. The van der Waals surface area contributed by atoms with E-state index in [4.69, 9.17) is 17.3 Å². The number of hydrogen-bond donors (Lipinski definition) is 1. The summed E-state index contributed by atoms with van der Waals surface area (Å²) >= 11 is 5.96. The maximum Gasteiger partial charge on any atom is 0.223 e. The molecule has 0 radical (unpaired) electrons. The van der Waals surface area contributed by atoms with E-state index in [1.54, 1.807) is 36.2 Å². The number of nitrogens with two attached hydrogens (primary N) is 1. The second kappa shape index (κ2) is 8.30. The Bertz CT molecular complexity index is 454. The first kappa shape index (κ1) is 16.1. The molecule has 4 nitrogen and oxygen atoms in total. The molecule has 0 bridgehead atoms. The van der Waals surface area contributed by atoms with Crippen molar-refractivity contribution in [3.63, 3.8) is 0 Å². The number of amides is 1. The van der Waals surface area contributed by atoms with Gasteiger partial charge in [0.25, 0.3) is 0 Å². The highest BCUT2D eigenvalue weighted by molar-refractivity contribution is 7.85. The Balaban J connectivity index is 2.46. The van der Waals surface area contributed by atoms with Gasteiger partial charge in [0.2, 0.25) is 5.91 Å². The number of hydrogen-bond acceptors (Lipinski definition) is 3. The van der Waals surface area contributed by atoms with Gasteiger partial charge in [0, 0.05) is 25.8 Å². The van der Waals surface area contributed by atoms with E-state index >= 15 is 0 Å². The van der Waals surface area contributed by atoms with Crippen molar-refractivity contribution in [1.29, 1.82) is 0 Å². The van der Waals surface area contributed by atoms with Crippen molar-refractivity contribution in [3.8, 4) is 0 Å². The zero-order valence-electron chi connectivity index (χ0n) is 11.0. The molecular formula is C13H19ClN2O2S. The van der Waals surface area contributed by atoms with Gasteiger partial charge in [-0.05, 0) is 25.1 Å². The van der Waals surface area contributed by atoms with Crippen LogP contribution in [0.25, 0.3) is 0 Å². The lowest BCUT2D eigenvalue weighted by atomic mass is 10.3. The Morgan fingerprint density at radius 3 is 2.74 bits per heavy atom. The number of benzene rings is 1. The van der Waals surface area contributed by atoms with Crippen molar-refractivity contribution < 1.29 is 9.00 Å².